The average molecular weight is 405 g/mol. The molecule has 2 aromatic heterocycles. The Morgan fingerprint density at radius 3 is 2.93 bits per heavy atom. The lowest BCUT2D eigenvalue weighted by Gasteiger charge is -2.22. The van der Waals surface area contributed by atoms with Gasteiger partial charge in [-0.1, -0.05) is 6.07 Å². The Labute approximate surface area is 167 Å². The number of amides is 1. The fraction of sp³-hybridized carbons (Fsp3) is 0.500. The maximum atomic E-state index is 12.8. The molecule has 1 N–H and O–H groups in total. The molecule has 1 aliphatic heterocycles. The summed E-state index contributed by atoms with van der Waals surface area (Å²) in [6.07, 6.45) is 6.28. The second-order valence-corrected chi connectivity index (χ2v) is 9.18. The number of methoxy groups -OCH3 is 1. The van der Waals surface area contributed by atoms with Crippen LogP contribution in [0.15, 0.2) is 17.5 Å². The first-order valence-electron chi connectivity index (χ1n) is 9.47. The summed E-state index contributed by atoms with van der Waals surface area (Å²) in [6, 6.07) is 4.54. The predicted molar refractivity (Wildman–Crippen MR) is 109 cm³/mol. The molecule has 0 aromatic carbocycles. The number of esters is 1. The summed E-state index contributed by atoms with van der Waals surface area (Å²) in [5.41, 5.74) is 1.65. The molecular formula is C20H24N2O3S2. The van der Waals surface area contributed by atoms with Crippen LogP contribution in [0.5, 0.6) is 0 Å². The monoisotopic (exact) mass is 404 g/mol. The first kappa shape index (κ1) is 18.7. The fourth-order valence-electron chi connectivity index (χ4n) is 4.14. The van der Waals surface area contributed by atoms with Crippen LogP contribution in [0, 0.1) is 0 Å². The van der Waals surface area contributed by atoms with E-state index in [0.717, 1.165) is 50.6 Å². The number of fused-ring (bicyclic) bond motifs is 1. The molecule has 1 saturated heterocycles. The number of carbonyl (C=O) groups is 2. The van der Waals surface area contributed by atoms with Gasteiger partial charge in [-0.15, -0.1) is 22.7 Å². The van der Waals surface area contributed by atoms with Crippen molar-refractivity contribution in [1.29, 1.82) is 0 Å². The zero-order valence-corrected chi connectivity index (χ0v) is 17.1. The van der Waals surface area contributed by atoms with Crippen molar-refractivity contribution in [3.8, 4) is 0 Å². The van der Waals surface area contributed by atoms with Gasteiger partial charge in [0.05, 0.1) is 19.2 Å². The van der Waals surface area contributed by atoms with Crippen molar-refractivity contribution in [2.24, 2.45) is 0 Å². The van der Waals surface area contributed by atoms with Crippen LogP contribution < -0.4 is 5.32 Å². The zero-order chi connectivity index (χ0) is 18.8. The van der Waals surface area contributed by atoms with Crippen molar-refractivity contribution < 1.29 is 14.3 Å². The molecule has 4 rings (SSSR count). The third-order valence-corrected chi connectivity index (χ3v) is 7.58. The maximum Gasteiger partial charge on any atom is 0.341 e. The summed E-state index contributed by atoms with van der Waals surface area (Å²) in [4.78, 5) is 29.9. The smallest absolute Gasteiger partial charge is 0.341 e. The topological polar surface area (TPSA) is 58.6 Å². The highest BCUT2D eigenvalue weighted by molar-refractivity contribution is 7.17. The Morgan fingerprint density at radius 2 is 2.15 bits per heavy atom. The highest BCUT2D eigenvalue weighted by atomic mass is 32.1. The van der Waals surface area contributed by atoms with Crippen molar-refractivity contribution >= 4 is 39.6 Å². The molecule has 0 bridgehead atoms. The molecule has 0 spiro atoms. The number of hydrogen-bond donors (Lipinski definition) is 1. The van der Waals surface area contributed by atoms with Crippen molar-refractivity contribution in [2.75, 3.05) is 25.5 Å². The van der Waals surface area contributed by atoms with Gasteiger partial charge in [-0.05, 0) is 62.1 Å². The molecule has 1 atom stereocenters. The predicted octanol–water partition coefficient (Wildman–Crippen LogP) is 4.25. The Morgan fingerprint density at radius 1 is 1.30 bits per heavy atom. The van der Waals surface area contributed by atoms with Gasteiger partial charge in [0.1, 0.15) is 5.00 Å². The lowest BCUT2D eigenvalue weighted by Crippen LogP contribution is -2.32. The van der Waals surface area contributed by atoms with E-state index in [1.165, 1.54) is 16.9 Å². The second-order valence-electron chi connectivity index (χ2n) is 7.10. The third-order valence-electron chi connectivity index (χ3n) is 5.40. The molecule has 1 aliphatic carbocycles. The van der Waals surface area contributed by atoms with Crippen LogP contribution in [0.2, 0.25) is 0 Å². The van der Waals surface area contributed by atoms with Gasteiger partial charge in [0.15, 0.2) is 0 Å². The number of rotatable bonds is 5. The number of thiophene rings is 2. The molecule has 144 valence electrons. The van der Waals surface area contributed by atoms with E-state index >= 15 is 0 Å². The number of likely N-dealkylation sites (tertiary alicyclic amines) is 1. The molecule has 7 heteroatoms. The van der Waals surface area contributed by atoms with E-state index in [4.69, 9.17) is 4.74 Å². The highest BCUT2D eigenvalue weighted by Gasteiger charge is 2.30. The zero-order valence-electron chi connectivity index (χ0n) is 15.5. The normalized spacial score (nSPS) is 19.7. The van der Waals surface area contributed by atoms with Crippen LogP contribution in [0.25, 0.3) is 0 Å². The van der Waals surface area contributed by atoms with Crippen molar-refractivity contribution in [3.63, 3.8) is 0 Å². The summed E-state index contributed by atoms with van der Waals surface area (Å²) in [6.45, 7) is 1.28. The van der Waals surface area contributed by atoms with Crippen LogP contribution in [0.1, 0.15) is 57.4 Å². The maximum absolute atomic E-state index is 12.8. The van der Waals surface area contributed by atoms with Crippen molar-refractivity contribution in [1.82, 2.24) is 4.90 Å². The van der Waals surface area contributed by atoms with Crippen molar-refractivity contribution in [2.45, 2.75) is 44.6 Å². The number of nitrogens with zero attached hydrogens (tertiary/aromatic N) is 1. The van der Waals surface area contributed by atoms with E-state index < -0.39 is 0 Å². The van der Waals surface area contributed by atoms with E-state index in [2.05, 4.69) is 27.7 Å². The number of anilines is 1. The molecule has 5 nitrogen and oxygen atoms in total. The molecule has 27 heavy (non-hydrogen) atoms. The van der Waals surface area contributed by atoms with Crippen LogP contribution in [-0.2, 0) is 22.4 Å². The minimum atomic E-state index is -0.345. The first-order valence-corrected chi connectivity index (χ1v) is 11.2. The Kier molecular flexibility index (Phi) is 5.61. The summed E-state index contributed by atoms with van der Waals surface area (Å²) in [7, 11) is 1.40. The molecule has 3 heterocycles. The summed E-state index contributed by atoms with van der Waals surface area (Å²) in [5.74, 6) is -0.399. The Bertz CT molecular complexity index is 829. The van der Waals surface area contributed by atoms with E-state index in [9.17, 15) is 9.59 Å². The van der Waals surface area contributed by atoms with Gasteiger partial charge in [-0.25, -0.2) is 4.79 Å². The average Bonchev–Trinajstić information content (AvgIpc) is 3.40. The van der Waals surface area contributed by atoms with Crippen molar-refractivity contribution in [3.05, 3.63) is 38.4 Å². The quantitative estimate of drug-likeness (QED) is 0.757. The number of hydrogen-bond acceptors (Lipinski definition) is 6. The SMILES string of the molecule is COC(=O)c1c(NC(=O)CN2CCCC2c2cccs2)sc2c1CCCC2. The second kappa shape index (κ2) is 8.12. The van der Waals surface area contributed by atoms with E-state index in [0.29, 0.717) is 23.2 Å². The van der Waals surface area contributed by atoms with Crippen LogP contribution in [0.3, 0.4) is 0 Å². The molecule has 1 fully saturated rings. The van der Waals surface area contributed by atoms with Gasteiger partial charge < -0.3 is 10.1 Å². The first-order chi connectivity index (χ1) is 13.2. The fourth-order valence-corrected chi connectivity index (χ4v) is 6.33. The number of nitrogens with one attached hydrogen (secondary N) is 1. The largest absolute Gasteiger partial charge is 0.465 e. The van der Waals surface area contributed by atoms with E-state index in [1.54, 1.807) is 22.7 Å². The molecule has 0 radical (unpaired) electrons. The van der Waals surface area contributed by atoms with E-state index in [-0.39, 0.29) is 11.9 Å². The van der Waals surface area contributed by atoms with Gasteiger partial charge in [0, 0.05) is 15.8 Å². The van der Waals surface area contributed by atoms with Gasteiger partial charge in [0.2, 0.25) is 5.91 Å². The molecule has 0 saturated carbocycles. The molecule has 1 amide bonds. The van der Waals surface area contributed by atoms with Crippen LogP contribution in [0.4, 0.5) is 5.00 Å². The Balaban J connectivity index is 1.50. The van der Waals surface area contributed by atoms with Crippen LogP contribution in [-0.4, -0.2) is 37.0 Å². The minimum Gasteiger partial charge on any atom is -0.465 e. The lowest BCUT2D eigenvalue weighted by atomic mass is 9.95. The minimum absolute atomic E-state index is 0.0535. The van der Waals surface area contributed by atoms with Gasteiger partial charge in [-0.3, -0.25) is 9.69 Å². The summed E-state index contributed by atoms with van der Waals surface area (Å²) in [5, 5.41) is 5.76. The molecule has 2 aliphatic rings. The van der Waals surface area contributed by atoms with E-state index in [1.807, 2.05) is 0 Å². The summed E-state index contributed by atoms with van der Waals surface area (Å²) >= 11 is 3.29. The third kappa shape index (κ3) is 3.81. The number of carbonyl (C=O) groups excluding carboxylic acids is 2. The molecule has 2 aromatic rings. The Hall–Kier alpha value is -1.70. The standard InChI is InChI=1S/C20H24N2O3S2/c1-25-20(24)18-13-6-2-3-8-15(13)27-19(18)21-17(23)12-22-10-4-7-14(22)16-9-5-11-26-16/h5,9,11,14H,2-4,6-8,10,12H2,1H3,(H,21,23). The van der Waals surface area contributed by atoms with Gasteiger partial charge in [0.25, 0.3) is 0 Å². The molecular weight excluding hydrogens is 380 g/mol. The molecule has 1 unspecified atom stereocenters. The van der Waals surface area contributed by atoms with Crippen LogP contribution >= 0.6 is 22.7 Å². The van der Waals surface area contributed by atoms with Gasteiger partial charge >= 0.3 is 5.97 Å². The lowest BCUT2D eigenvalue weighted by molar-refractivity contribution is -0.117. The highest BCUT2D eigenvalue weighted by Crippen LogP contribution is 2.39. The summed E-state index contributed by atoms with van der Waals surface area (Å²) < 4.78 is 4.99. The number of ether oxygens (including phenoxy) is 1. The van der Waals surface area contributed by atoms with Gasteiger partial charge in [-0.2, -0.15) is 0 Å². The number of aryl methyl sites for hydroxylation is 1.